The molecule has 2 amide bonds. The summed E-state index contributed by atoms with van der Waals surface area (Å²) in [6.45, 7) is 1.82. The molecule has 4 fully saturated rings. The molecular formula is C29H42ClN6O11P. The predicted molar refractivity (Wildman–Crippen MR) is 170 cm³/mol. The molecule has 266 valence electrons. The third-order valence-electron chi connectivity index (χ3n) is 8.59. The summed E-state index contributed by atoms with van der Waals surface area (Å²) in [5.41, 5.74) is 0.673. The highest BCUT2D eigenvalue weighted by molar-refractivity contribution is 7.53. The fourth-order valence-electron chi connectivity index (χ4n) is 6.02. The standard InChI is InChI=1S/C29H42ClN6O11P/c30-27-32-25(31-21-3-1-2-4-21)23-7-8-36(26(23)33-27)24-6-5-22(47-24)17-42-20-48(39,45-18-43-28(37)34-9-13-40-14-10-34)46-19-44-29(38)35-11-15-41-16-12-35/h7-8,21-22,24H,1-6,9-20H2,(H,31,32,33)/t22-,24+/m0/s1. The maximum absolute atomic E-state index is 13.6. The summed E-state index contributed by atoms with van der Waals surface area (Å²) in [6, 6.07) is 2.32. The molecule has 1 saturated carbocycles. The number of carbonyl (C=O) groups is 2. The molecule has 19 heteroatoms. The van der Waals surface area contributed by atoms with E-state index < -0.39 is 39.7 Å². The first-order valence-corrected chi connectivity index (χ1v) is 18.4. The average molecular weight is 717 g/mol. The van der Waals surface area contributed by atoms with Crippen LogP contribution in [0.2, 0.25) is 5.28 Å². The molecule has 1 N–H and O–H groups in total. The molecule has 4 aliphatic rings. The molecule has 3 aliphatic heterocycles. The molecular weight excluding hydrogens is 675 g/mol. The number of carbonyl (C=O) groups excluding carboxylic acids is 2. The number of morpholine rings is 2. The van der Waals surface area contributed by atoms with Crippen LogP contribution >= 0.6 is 19.2 Å². The molecule has 0 unspecified atom stereocenters. The van der Waals surface area contributed by atoms with Crippen LogP contribution in [0.4, 0.5) is 15.4 Å². The van der Waals surface area contributed by atoms with Crippen molar-refractivity contribution < 1.29 is 51.6 Å². The van der Waals surface area contributed by atoms with E-state index in [1.807, 2.05) is 16.8 Å². The third-order valence-corrected chi connectivity index (χ3v) is 10.3. The number of halogens is 1. The summed E-state index contributed by atoms with van der Waals surface area (Å²) in [5, 5.41) is 4.55. The van der Waals surface area contributed by atoms with E-state index in [4.69, 9.17) is 49.1 Å². The maximum atomic E-state index is 13.6. The van der Waals surface area contributed by atoms with Gasteiger partial charge in [0, 0.05) is 38.4 Å². The molecule has 1 aliphatic carbocycles. The van der Waals surface area contributed by atoms with Gasteiger partial charge in [0.05, 0.1) is 44.5 Å². The normalized spacial score (nSPS) is 22.4. The number of aromatic nitrogens is 3. The number of ether oxygens (including phenoxy) is 6. The van der Waals surface area contributed by atoms with Gasteiger partial charge in [-0.1, -0.05) is 12.8 Å². The number of nitrogens with zero attached hydrogens (tertiary/aromatic N) is 5. The van der Waals surface area contributed by atoms with E-state index in [1.54, 1.807) is 0 Å². The van der Waals surface area contributed by atoms with Crippen LogP contribution in [-0.2, 0) is 42.0 Å². The molecule has 6 rings (SSSR count). The van der Waals surface area contributed by atoms with Gasteiger partial charge in [0.1, 0.15) is 24.0 Å². The van der Waals surface area contributed by atoms with Gasteiger partial charge in [0.25, 0.3) is 0 Å². The van der Waals surface area contributed by atoms with E-state index in [2.05, 4.69) is 15.3 Å². The van der Waals surface area contributed by atoms with Crippen molar-refractivity contribution in [3.63, 3.8) is 0 Å². The molecule has 2 aromatic rings. The summed E-state index contributed by atoms with van der Waals surface area (Å²) in [5.74, 6) is 0.718. The van der Waals surface area contributed by atoms with Crippen LogP contribution in [0.15, 0.2) is 12.3 Å². The van der Waals surface area contributed by atoms with Crippen LogP contribution < -0.4 is 5.32 Å². The quantitative estimate of drug-likeness (QED) is 0.178. The number of amides is 2. The van der Waals surface area contributed by atoms with Gasteiger partial charge < -0.3 is 48.1 Å². The van der Waals surface area contributed by atoms with Gasteiger partial charge >= 0.3 is 19.8 Å². The zero-order chi connectivity index (χ0) is 33.3. The topological polar surface area (TPSA) is 174 Å². The first-order valence-electron chi connectivity index (χ1n) is 16.3. The van der Waals surface area contributed by atoms with Gasteiger partial charge in [-0.25, -0.2) is 14.6 Å². The highest BCUT2D eigenvalue weighted by Gasteiger charge is 2.32. The number of anilines is 1. The fourth-order valence-corrected chi connectivity index (χ4v) is 7.17. The number of rotatable bonds is 13. The minimum atomic E-state index is -4.05. The van der Waals surface area contributed by atoms with Crippen LogP contribution in [0, 0.1) is 0 Å². The van der Waals surface area contributed by atoms with E-state index in [0.29, 0.717) is 77.1 Å². The van der Waals surface area contributed by atoms with Crippen molar-refractivity contribution in [3.05, 3.63) is 17.5 Å². The number of nitrogens with one attached hydrogen (secondary N) is 1. The number of fused-ring (bicyclic) bond motifs is 1. The second-order valence-corrected chi connectivity index (χ2v) is 14.2. The third kappa shape index (κ3) is 9.27. The number of hydrogen-bond acceptors (Lipinski definition) is 14. The highest BCUT2D eigenvalue weighted by atomic mass is 35.5. The first kappa shape index (κ1) is 35.1. The van der Waals surface area contributed by atoms with Crippen molar-refractivity contribution in [2.45, 2.75) is 56.9 Å². The second kappa shape index (κ2) is 16.8. The number of hydrogen-bond donors (Lipinski definition) is 1. The zero-order valence-corrected chi connectivity index (χ0v) is 28.3. The smallest absolute Gasteiger partial charge is 0.412 e. The van der Waals surface area contributed by atoms with E-state index in [-0.39, 0.29) is 24.2 Å². The van der Waals surface area contributed by atoms with Gasteiger partial charge in [-0.15, -0.1) is 0 Å². The van der Waals surface area contributed by atoms with Crippen molar-refractivity contribution in [2.24, 2.45) is 0 Å². The van der Waals surface area contributed by atoms with E-state index in [9.17, 15) is 14.2 Å². The van der Waals surface area contributed by atoms with Gasteiger partial charge in [0.2, 0.25) is 18.9 Å². The summed E-state index contributed by atoms with van der Waals surface area (Å²) in [4.78, 5) is 36.5. The Balaban J connectivity index is 1.01. The monoisotopic (exact) mass is 716 g/mol. The van der Waals surface area contributed by atoms with E-state index in [0.717, 1.165) is 24.0 Å². The van der Waals surface area contributed by atoms with Crippen LogP contribution in [0.3, 0.4) is 0 Å². The van der Waals surface area contributed by atoms with Crippen molar-refractivity contribution in [3.8, 4) is 0 Å². The molecule has 3 saturated heterocycles. The average Bonchev–Trinajstić information content (AvgIpc) is 3.87. The van der Waals surface area contributed by atoms with Gasteiger partial charge in [0.15, 0.2) is 0 Å². The minimum absolute atomic E-state index is 0.0811. The molecule has 2 aromatic heterocycles. The van der Waals surface area contributed by atoms with Crippen LogP contribution in [0.25, 0.3) is 11.0 Å². The Labute approximate surface area is 282 Å². The summed E-state index contributed by atoms with van der Waals surface area (Å²) in [7, 11) is -4.05. The summed E-state index contributed by atoms with van der Waals surface area (Å²) < 4.78 is 59.1. The molecule has 0 radical (unpaired) electrons. The fraction of sp³-hybridized carbons (Fsp3) is 0.724. The zero-order valence-electron chi connectivity index (χ0n) is 26.7. The van der Waals surface area contributed by atoms with Crippen LogP contribution in [-0.4, -0.2) is 128 Å². The van der Waals surface area contributed by atoms with Crippen molar-refractivity contribution in [2.75, 3.05) is 84.5 Å². The first-order chi connectivity index (χ1) is 23.4. The van der Waals surface area contributed by atoms with Crippen molar-refractivity contribution >= 4 is 48.2 Å². The molecule has 17 nitrogen and oxygen atoms in total. The molecule has 0 bridgehead atoms. The lowest BCUT2D eigenvalue weighted by Crippen LogP contribution is -2.41. The lowest BCUT2D eigenvalue weighted by Gasteiger charge is -2.27. The Hall–Kier alpha value is -2.76. The van der Waals surface area contributed by atoms with Gasteiger partial charge in [-0.3, -0.25) is 13.6 Å². The molecule has 48 heavy (non-hydrogen) atoms. The molecule has 0 spiro atoms. The van der Waals surface area contributed by atoms with Crippen molar-refractivity contribution in [1.29, 1.82) is 0 Å². The summed E-state index contributed by atoms with van der Waals surface area (Å²) in [6.07, 6.45) is 5.42. The highest BCUT2D eigenvalue weighted by Crippen LogP contribution is 2.48. The SMILES string of the molecule is O=C(OCOP(=O)(COC[C@@H]1CC[C@H](n2ccc3c(NC4CCCC4)nc(Cl)nc32)O1)OCOC(=O)N1CCOCC1)N1CCOCC1. The Morgan fingerprint density at radius 3 is 2.17 bits per heavy atom. The lowest BCUT2D eigenvalue weighted by molar-refractivity contribution is -0.0420. The maximum Gasteiger partial charge on any atom is 0.412 e. The van der Waals surface area contributed by atoms with Crippen molar-refractivity contribution in [1.82, 2.24) is 24.3 Å². The Kier molecular flexibility index (Phi) is 12.3. The Bertz CT molecular complexity index is 1390. The Morgan fingerprint density at radius 1 is 0.917 bits per heavy atom. The van der Waals surface area contributed by atoms with E-state index >= 15 is 0 Å². The largest absolute Gasteiger partial charge is 0.422 e. The summed E-state index contributed by atoms with van der Waals surface area (Å²) >= 11 is 6.31. The predicted octanol–water partition coefficient (Wildman–Crippen LogP) is 4.17. The lowest BCUT2D eigenvalue weighted by atomic mass is 10.2. The van der Waals surface area contributed by atoms with E-state index in [1.165, 1.54) is 22.6 Å². The Morgan fingerprint density at radius 2 is 1.54 bits per heavy atom. The van der Waals surface area contributed by atoms with Gasteiger partial charge in [-0.2, -0.15) is 4.98 Å². The second-order valence-electron chi connectivity index (χ2n) is 11.8. The molecule has 5 heterocycles. The molecule has 2 atom stereocenters. The minimum Gasteiger partial charge on any atom is -0.422 e. The van der Waals surface area contributed by atoms with Crippen LogP contribution in [0.1, 0.15) is 44.8 Å². The van der Waals surface area contributed by atoms with Gasteiger partial charge in [-0.05, 0) is 43.4 Å². The molecule has 0 aromatic carbocycles. The van der Waals surface area contributed by atoms with Crippen LogP contribution in [0.5, 0.6) is 0 Å².